The van der Waals surface area contributed by atoms with Gasteiger partial charge in [-0.05, 0) is 12.1 Å². The molecule has 0 aliphatic carbocycles. The molecule has 1 rings (SSSR count). The molecule has 0 aromatic carbocycles. The number of hydrogen-bond acceptors (Lipinski definition) is 5. The number of alkyl halides is 2. The van der Waals surface area contributed by atoms with Crippen LogP contribution in [0.15, 0.2) is 16.5 Å². The van der Waals surface area contributed by atoms with Gasteiger partial charge in [-0.15, -0.1) is 0 Å². The smallest absolute Gasteiger partial charge is 0.287 e. The van der Waals surface area contributed by atoms with Crippen LogP contribution in [0.3, 0.4) is 0 Å². The van der Waals surface area contributed by atoms with E-state index >= 15 is 0 Å². The molecule has 19 heavy (non-hydrogen) atoms. The zero-order valence-corrected chi connectivity index (χ0v) is 10.5. The number of aliphatic hydroxyl groups is 1. The van der Waals surface area contributed by atoms with Crippen molar-refractivity contribution in [3.63, 3.8) is 0 Å². The highest BCUT2D eigenvalue weighted by Crippen LogP contribution is 2.21. The SMILES string of the molecule is NC(=O)C(O)CNC(=O)c1ccc(CSC(F)F)o1. The van der Waals surface area contributed by atoms with Crippen molar-refractivity contribution in [2.75, 3.05) is 6.54 Å². The van der Waals surface area contributed by atoms with Crippen LogP contribution < -0.4 is 11.1 Å². The zero-order valence-electron chi connectivity index (χ0n) is 9.64. The molecule has 0 aliphatic rings. The maximum absolute atomic E-state index is 11.9. The van der Waals surface area contributed by atoms with Gasteiger partial charge in [0.1, 0.15) is 11.9 Å². The molecule has 4 N–H and O–H groups in total. The van der Waals surface area contributed by atoms with Gasteiger partial charge in [0, 0.05) is 0 Å². The molecule has 1 unspecified atom stereocenters. The van der Waals surface area contributed by atoms with Crippen LogP contribution in [0.2, 0.25) is 0 Å². The van der Waals surface area contributed by atoms with Crippen LogP contribution >= 0.6 is 11.8 Å². The van der Waals surface area contributed by atoms with Crippen LogP contribution in [0.5, 0.6) is 0 Å². The number of hydrogen-bond donors (Lipinski definition) is 3. The van der Waals surface area contributed by atoms with E-state index in [0.717, 1.165) is 0 Å². The van der Waals surface area contributed by atoms with Gasteiger partial charge in [0.15, 0.2) is 5.76 Å². The molecule has 9 heteroatoms. The number of furan rings is 1. The average Bonchev–Trinajstić information content (AvgIpc) is 2.81. The van der Waals surface area contributed by atoms with Crippen LogP contribution in [0.25, 0.3) is 0 Å². The first kappa shape index (κ1) is 15.4. The Labute approximate surface area is 111 Å². The van der Waals surface area contributed by atoms with Gasteiger partial charge < -0.3 is 20.6 Å². The maximum atomic E-state index is 11.9. The summed E-state index contributed by atoms with van der Waals surface area (Å²) in [6.07, 6.45) is -1.49. The minimum atomic E-state index is -2.52. The van der Waals surface area contributed by atoms with Gasteiger partial charge >= 0.3 is 0 Å². The second-order valence-electron chi connectivity index (χ2n) is 3.47. The Bertz CT molecular complexity index is 452. The summed E-state index contributed by atoms with van der Waals surface area (Å²) in [6.45, 7) is -0.351. The van der Waals surface area contributed by atoms with Crippen molar-refractivity contribution in [3.05, 3.63) is 23.7 Å². The molecule has 0 radical (unpaired) electrons. The number of thioether (sulfide) groups is 1. The summed E-state index contributed by atoms with van der Waals surface area (Å²) in [5.74, 6) is -4.09. The molecule has 0 fully saturated rings. The number of nitrogens with two attached hydrogens (primary N) is 1. The molecule has 0 saturated carbocycles. The van der Waals surface area contributed by atoms with Crippen molar-refractivity contribution in [2.45, 2.75) is 17.6 Å². The van der Waals surface area contributed by atoms with Crippen molar-refractivity contribution in [2.24, 2.45) is 5.73 Å². The van der Waals surface area contributed by atoms with Gasteiger partial charge in [0.2, 0.25) is 5.91 Å². The van der Waals surface area contributed by atoms with E-state index < -0.39 is 23.7 Å². The fourth-order valence-corrected chi connectivity index (χ4v) is 1.55. The van der Waals surface area contributed by atoms with Crippen molar-refractivity contribution in [1.82, 2.24) is 5.32 Å². The quantitative estimate of drug-likeness (QED) is 0.671. The molecule has 1 aromatic rings. The highest BCUT2D eigenvalue weighted by atomic mass is 32.2. The van der Waals surface area contributed by atoms with E-state index in [1.54, 1.807) is 0 Å². The number of aliphatic hydroxyl groups excluding tert-OH is 1. The van der Waals surface area contributed by atoms with E-state index in [4.69, 9.17) is 15.3 Å². The molecular weight excluding hydrogens is 282 g/mol. The van der Waals surface area contributed by atoms with E-state index in [2.05, 4.69) is 5.32 Å². The summed E-state index contributed by atoms with van der Waals surface area (Å²) in [5.41, 5.74) is 4.80. The molecule has 106 valence electrons. The predicted octanol–water partition coefficient (Wildman–Crippen LogP) is 0.311. The van der Waals surface area contributed by atoms with Crippen LogP contribution in [0.4, 0.5) is 8.78 Å². The Morgan fingerprint density at radius 3 is 2.74 bits per heavy atom. The van der Waals surface area contributed by atoms with Gasteiger partial charge in [-0.2, -0.15) is 8.78 Å². The average molecular weight is 294 g/mol. The lowest BCUT2D eigenvalue weighted by atomic mass is 10.3. The standard InChI is InChI=1S/C10H12F2N2O4S/c11-10(12)19-4-5-1-2-7(18-5)9(17)14-3-6(15)8(13)16/h1-2,6,10,15H,3-4H2,(H2,13,16)(H,14,17). The third-order valence-corrected chi connectivity index (χ3v) is 2.72. The van der Waals surface area contributed by atoms with Crippen molar-refractivity contribution in [1.29, 1.82) is 0 Å². The molecule has 0 spiro atoms. The van der Waals surface area contributed by atoms with E-state index in [0.29, 0.717) is 11.8 Å². The van der Waals surface area contributed by atoms with Gasteiger partial charge in [0.05, 0.1) is 12.3 Å². The van der Waals surface area contributed by atoms with Crippen LogP contribution in [-0.4, -0.2) is 35.3 Å². The maximum Gasteiger partial charge on any atom is 0.287 e. The summed E-state index contributed by atoms with van der Waals surface area (Å²) >= 11 is 0.372. The molecule has 1 heterocycles. The summed E-state index contributed by atoms with van der Waals surface area (Å²) in [7, 11) is 0. The first-order chi connectivity index (χ1) is 8.90. The molecule has 0 bridgehead atoms. The predicted molar refractivity (Wildman–Crippen MR) is 63.5 cm³/mol. The number of carbonyl (C=O) groups excluding carboxylic acids is 2. The normalized spacial score (nSPS) is 12.4. The fraction of sp³-hybridized carbons (Fsp3) is 0.400. The summed E-state index contributed by atoms with van der Waals surface area (Å²) in [5, 5.41) is 11.3. The lowest BCUT2D eigenvalue weighted by Gasteiger charge is -2.06. The Morgan fingerprint density at radius 2 is 2.16 bits per heavy atom. The van der Waals surface area contributed by atoms with E-state index in [1.807, 2.05) is 0 Å². The minimum Gasteiger partial charge on any atom is -0.455 e. The van der Waals surface area contributed by atoms with Crippen molar-refractivity contribution in [3.8, 4) is 0 Å². The molecule has 1 aromatic heterocycles. The van der Waals surface area contributed by atoms with Crippen LogP contribution in [-0.2, 0) is 10.5 Å². The summed E-state index contributed by atoms with van der Waals surface area (Å²) < 4.78 is 28.9. The Balaban J connectivity index is 2.47. The largest absolute Gasteiger partial charge is 0.455 e. The summed E-state index contributed by atoms with van der Waals surface area (Å²) in [4.78, 5) is 22.0. The molecule has 6 nitrogen and oxygen atoms in total. The van der Waals surface area contributed by atoms with E-state index in [9.17, 15) is 18.4 Å². The second kappa shape index (κ2) is 7.10. The number of nitrogens with one attached hydrogen (secondary N) is 1. The van der Waals surface area contributed by atoms with Gasteiger partial charge in [-0.1, -0.05) is 11.8 Å². The molecule has 1 atom stereocenters. The Kier molecular flexibility index (Phi) is 5.77. The van der Waals surface area contributed by atoms with Gasteiger partial charge in [-0.25, -0.2) is 0 Å². The monoisotopic (exact) mass is 294 g/mol. The Hall–Kier alpha value is -1.61. The fourth-order valence-electron chi connectivity index (χ4n) is 1.10. The topological polar surface area (TPSA) is 106 Å². The summed E-state index contributed by atoms with van der Waals surface area (Å²) in [6, 6.07) is 2.71. The number of carbonyl (C=O) groups is 2. The van der Waals surface area contributed by atoms with Crippen LogP contribution in [0, 0.1) is 0 Å². The highest BCUT2D eigenvalue weighted by Gasteiger charge is 2.16. The molecule has 2 amide bonds. The van der Waals surface area contributed by atoms with Crippen LogP contribution in [0.1, 0.15) is 16.3 Å². The number of amides is 2. The lowest BCUT2D eigenvalue weighted by Crippen LogP contribution is -2.39. The number of halogens is 2. The van der Waals surface area contributed by atoms with E-state index in [1.165, 1.54) is 12.1 Å². The molecule has 0 saturated heterocycles. The lowest BCUT2D eigenvalue weighted by molar-refractivity contribution is -0.125. The first-order valence-corrected chi connectivity index (χ1v) is 6.19. The highest BCUT2D eigenvalue weighted by molar-refractivity contribution is 7.98. The molecule has 0 aliphatic heterocycles. The second-order valence-corrected chi connectivity index (χ2v) is 4.44. The number of primary amides is 1. The zero-order chi connectivity index (χ0) is 14.4. The van der Waals surface area contributed by atoms with Crippen molar-refractivity contribution < 1.29 is 27.9 Å². The van der Waals surface area contributed by atoms with Crippen molar-refractivity contribution >= 4 is 23.6 Å². The van der Waals surface area contributed by atoms with Gasteiger partial charge in [-0.3, -0.25) is 9.59 Å². The third kappa shape index (κ3) is 5.26. The van der Waals surface area contributed by atoms with E-state index in [-0.39, 0.29) is 23.8 Å². The minimum absolute atomic E-state index is 0.0607. The molecular formula is C10H12F2N2O4S. The van der Waals surface area contributed by atoms with Gasteiger partial charge in [0.25, 0.3) is 11.7 Å². The number of rotatable bonds is 7. The first-order valence-electron chi connectivity index (χ1n) is 5.14. The Morgan fingerprint density at radius 1 is 1.47 bits per heavy atom. The third-order valence-electron chi connectivity index (χ3n) is 2.02.